The number of thiocarbonyl (C=S) groups is 1. The van der Waals surface area contributed by atoms with Gasteiger partial charge in [-0.2, -0.15) is 0 Å². The van der Waals surface area contributed by atoms with Gasteiger partial charge in [-0.3, -0.25) is 4.98 Å². The zero-order chi connectivity index (χ0) is 22.8. The predicted octanol–water partition coefficient (Wildman–Crippen LogP) is 5.21. The van der Waals surface area contributed by atoms with Gasteiger partial charge in [0.15, 0.2) is 5.11 Å². The highest BCUT2D eigenvalue weighted by Gasteiger charge is 2.41. The largest absolute Gasteiger partial charge is 0.478 e. The first kappa shape index (κ1) is 20.9. The fraction of sp³-hybridized carbons (Fsp3) is 0.115. The molecule has 2 aromatic heterocycles. The van der Waals surface area contributed by atoms with Crippen LogP contribution in [0.25, 0.3) is 11.3 Å². The van der Waals surface area contributed by atoms with Crippen molar-refractivity contribution in [3.8, 4) is 11.3 Å². The predicted molar refractivity (Wildman–Crippen MR) is 129 cm³/mol. The van der Waals surface area contributed by atoms with Crippen molar-refractivity contribution in [2.24, 2.45) is 0 Å². The van der Waals surface area contributed by atoms with Crippen LogP contribution < -0.4 is 5.32 Å². The summed E-state index contributed by atoms with van der Waals surface area (Å²) in [7, 11) is 0. The highest BCUT2D eigenvalue weighted by molar-refractivity contribution is 7.80. The summed E-state index contributed by atoms with van der Waals surface area (Å²) in [6.45, 7) is 0.616. The summed E-state index contributed by atoms with van der Waals surface area (Å²) in [4.78, 5) is 18.0. The van der Waals surface area contributed by atoms with E-state index in [1.807, 2.05) is 54.6 Å². The van der Waals surface area contributed by atoms with Gasteiger partial charge in [0.1, 0.15) is 17.6 Å². The summed E-state index contributed by atoms with van der Waals surface area (Å²) in [6, 6.07) is 26.1. The fourth-order valence-electron chi connectivity index (χ4n) is 4.14. The van der Waals surface area contributed by atoms with Crippen molar-refractivity contribution in [1.82, 2.24) is 15.2 Å². The number of hydrogen-bond acceptors (Lipinski definition) is 4. The van der Waals surface area contributed by atoms with Gasteiger partial charge in [0, 0.05) is 18.3 Å². The van der Waals surface area contributed by atoms with Gasteiger partial charge in [-0.1, -0.05) is 48.5 Å². The lowest BCUT2D eigenvalue weighted by atomic mass is 10.0. The van der Waals surface area contributed by atoms with Crippen LogP contribution in [0.4, 0.5) is 0 Å². The maximum Gasteiger partial charge on any atom is 0.335 e. The van der Waals surface area contributed by atoms with Crippen LogP contribution in [0.2, 0.25) is 0 Å². The van der Waals surface area contributed by atoms with Crippen LogP contribution >= 0.6 is 12.2 Å². The molecule has 1 fully saturated rings. The molecule has 0 unspecified atom stereocenters. The topological polar surface area (TPSA) is 78.6 Å². The van der Waals surface area contributed by atoms with Gasteiger partial charge in [0.25, 0.3) is 0 Å². The number of carboxylic acid groups (broad SMARTS) is 1. The first-order valence-corrected chi connectivity index (χ1v) is 11.0. The van der Waals surface area contributed by atoms with Crippen LogP contribution in [-0.2, 0) is 6.54 Å². The maximum absolute atomic E-state index is 11.4. The SMILES string of the molecule is O=C(O)c1cccc(-c2ccc([C@H]3[C@@H](c4ccccn4)NC(=S)N3Cc3ccccc3)o2)c1. The smallest absolute Gasteiger partial charge is 0.335 e. The first-order valence-electron chi connectivity index (χ1n) is 10.6. The summed E-state index contributed by atoms with van der Waals surface area (Å²) in [5.41, 5.74) is 2.92. The minimum Gasteiger partial charge on any atom is -0.478 e. The molecule has 4 aromatic rings. The van der Waals surface area contributed by atoms with Crippen molar-refractivity contribution in [3.63, 3.8) is 0 Å². The van der Waals surface area contributed by atoms with Gasteiger partial charge in [-0.15, -0.1) is 0 Å². The van der Waals surface area contributed by atoms with Gasteiger partial charge < -0.3 is 19.7 Å². The van der Waals surface area contributed by atoms with E-state index >= 15 is 0 Å². The van der Waals surface area contributed by atoms with Crippen LogP contribution in [0.5, 0.6) is 0 Å². The molecule has 2 N–H and O–H groups in total. The Labute approximate surface area is 196 Å². The van der Waals surface area contributed by atoms with Gasteiger partial charge >= 0.3 is 5.97 Å². The standard InChI is InChI=1S/C26H21N3O3S/c30-25(31)19-10-6-9-18(15-19)21-12-13-22(32-21)24-23(20-11-4-5-14-27-20)28-26(33)29(24)16-17-7-2-1-3-8-17/h1-15,23-24H,16H2,(H,28,33)(H,30,31)/t23-,24+/m1/s1. The quantitative estimate of drug-likeness (QED) is 0.386. The van der Waals surface area contributed by atoms with E-state index in [-0.39, 0.29) is 17.6 Å². The molecule has 2 atom stereocenters. The Bertz CT molecular complexity index is 1290. The molecular formula is C26H21N3O3S. The van der Waals surface area contributed by atoms with Gasteiger partial charge in [0.2, 0.25) is 0 Å². The molecule has 6 nitrogen and oxygen atoms in total. The Morgan fingerprint density at radius 1 is 1.03 bits per heavy atom. The third kappa shape index (κ3) is 4.23. The zero-order valence-electron chi connectivity index (χ0n) is 17.6. The van der Waals surface area contributed by atoms with E-state index in [0.29, 0.717) is 23.0 Å². The lowest BCUT2D eigenvalue weighted by Gasteiger charge is -2.26. The van der Waals surface area contributed by atoms with Crippen LogP contribution in [0, 0.1) is 0 Å². The van der Waals surface area contributed by atoms with Gasteiger partial charge in [-0.05, 0) is 54.2 Å². The van der Waals surface area contributed by atoms with Crippen molar-refractivity contribution in [2.75, 3.05) is 0 Å². The molecule has 0 spiro atoms. The first-order chi connectivity index (χ1) is 16.1. The number of aromatic nitrogens is 1. The molecule has 0 amide bonds. The number of hydrogen-bond donors (Lipinski definition) is 2. The molecule has 164 valence electrons. The average Bonchev–Trinajstić information content (AvgIpc) is 3.45. The van der Waals surface area contributed by atoms with E-state index in [1.165, 1.54) is 0 Å². The molecule has 33 heavy (non-hydrogen) atoms. The number of rotatable bonds is 6. The van der Waals surface area contributed by atoms with Crippen molar-refractivity contribution in [1.29, 1.82) is 0 Å². The summed E-state index contributed by atoms with van der Waals surface area (Å²) in [6.07, 6.45) is 1.77. The van der Waals surface area contributed by atoms with Crippen LogP contribution in [0.1, 0.15) is 39.5 Å². The highest BCUT2D eigenvalue weighted by atomic mass is 32.1. The summed E-state index contributed by atoms with van der Waals surface area (Å²) < 4.78 is 6.29. The van der Waals surface area contributed by atoms with Crippen LogP contribution in [0.15, 0.2) is 95.5 Å². The number of aromatic carboxylic acids is 1. The van der Waals surface area contributed by atoms with Crippen molar-refractivity contribution >= 4 is 23.3 Å². The molecule has 0 aliphatic carbocycles. The van der Waals surface area contributed by atoms with E-state index in [4.69, 9.17) is 16.6 Å². The van der Waals surface area contributed by atoms with E-state index in [1.54, 1.807) is 24.4 Å². The monoisotopic (exact) mass is 455 g/mol. The number of carbonyl (C=O) groups is 1. The second kappa shape index (κ2) is 8.88. The van der Waals surface area contributed by atoms with Crippen LogP contribution in [0.3, 0.4) is 0 Å². The Balaban J connectivity index is 1.53. The normalized spacial score (nSPS) is 17.7. The average molecular weight is 456 g/mol. The Morgan fingerprint density at radius 2 is 1.85 bits per heavy atom. The van der Waals surface area contributed by atoms with E-state index in [9.17, 15) is 9.90 Å². The summed E-state index contributed by atoms with van der Waals surface area (Å²) >= 11 is 5.72. The maximum atomic E-state index is 11.4. The van der Waals surface area contributed by atoms with Crippen molar-refractivity contribution in [2.45, 2.75) is 18.6 Å². The highest BCUT2D eigenvalue weighted by Crippen LogP contribution is 2.41. The molecule has 2 aromatic carbocycles. The zero-order valence-corrected chi connectivity index (χ0v) is 18.4. The van der Waals surface area contributed by atoms with Crippen LogP contribution in [-0.4, -0.2) is 26.1 Å². The molecule has 5 rings (SSSR count). The molecule has 1 saturated heterocycles. The molecule has 1 aliphatic heterocycles. The van der Waals surface area contributed by atoms with E-state index in [2.05, 4.69) is 27.3 Å². The number of benzene rings is 2. The Hall–Kier alpha value is -3.97. The third-order valence-corrected chi connectivity index (χ3v) is 6.06. The minimum atomic E-state index is -0.974. The number of nitrogens with one attached hydrogen (secondary N) is 1. The minimum absolute atomic E-state index is 0.188. The fourth-order valence-corrected chi connectivity index (χ4v) is 4.44. The number of carboxylic acids is 1. The molecule has 7 heteroatoms. The summed E-state index contributed by atoms with van der Waals surface area (Å²) in [5.74, 6) is 0.355. The van der Waals surface area contributed by atoms with E-state index in [0.717, 1.165) is 17.0 Å². The Morgan fingerprint density at radius 3 is 2.61 bits per heavy atom. The van der Waals surface area contributed by atoms with Crippen molar-refractivity contribution in [3.05, 3.63) is 114 Å². The van der Waals surface area contributed by atoms with Crippen molar-refractivity contribution < 1.29 is 14.3 Å². The van der Waals surface area contributed by atoms with Gasteiger partial charge in [0.05, 0.1) is 17.3 Å². The lowest BCUT2D eigenvalue weighted by Crippen LogP contribution is -2.29. The molecule has 0 radical (unpaired) electrons. The molecule has 0 bridgehead atoms. The lowest BCUT2D eigenvalue weighted by molar-refractivity contribution is 0.0697. The molecule has 1 aliphatic rings. The molecular weight excluding hydrogens is 434 g/mol. The van der Waals surface area contributed by atoms with Gasteiger partial charge in [-0.25, -0.2) is 4.79 Å². The third-order valence-electron chi connectivity index (χ3n) is 5.71. The second-order valence-corrected chi connectivity index (χ2v) is 8.21. The summed E-state index contributed by atoms with van der Waals surface area (Å²) in [5, 5.41) is 13.4. The number of furan rings is 1. The Kier molecular flexibility index (Phi) is 5.62. The molecule has 3 heterocycles. The molecule has 0 saturated carbocycles. The number of nitrogens with zero attached hydrogens (tertiary/aromatic N) is 2. The number of pyridine rings is 1. The second-order valence-electron chi connectivity index (χ2n) is 7.83. The van der Waals surface area contributed by atoms with E-state index < -0.39 is 5.97 Å².